The molecule has 2 heterocycles. The van der Waals surface area contributed by atoms with E-state index in [1.54, 1.807) is 18.2 Å². The van der Waals surface area contributed by atoms with Gasteiger partial charge < -0.3 is 5.32 Å². The monoisotopic (exact) mass is 392 g/mol. The fraction of sp³-hybridized carbons (Fsp3) is 0.333. The van der Waals surface area contributed by atoms with Crippen molar-refractivity contribution in [2.24, 2.45) is 0 Å². The largest absolute Gasteiger partial charge is 0.316 e. The first-order chi connectivity index (χ1) is 13.7. The van der Waals surface area contributed by atoms with Crippen LogP contribution in [0.1, 0.15) is 47.4 Å². The highest BCUT2D eigenvalue weighted by molar-refractivity contribution is 7.16. The second-order valence-corrected chi connectivity index (χ2v) is 8.11. The number of hydrogen-bond acceptors (Lipinski definition) is 5. The molecule has 0 unspecified atom stereocenters. The molecule has 3 aromatic rings. The fourth-order valence-corrected chi connectivity index (χ4v) is 5.01. The van der Waals surface area contributed by atoms with E-state index in [0.29, 0.717) is 27.0 Å². The van der Waals surface area contributed by atoms with Gasteiger partial charge in [0, 0.05) is 10.3 Å². The van der Waals surface area contributed by atoms with Crippen molar-refractivity contribution in [1.82, 2.24) is 10.2 Å². The van der Waals surface area contributed by atoms with E-state index < -0.39 is 0 Å². The van der Waals surface area contributed by atoms with Crippen LogP contribution in [-0.2, 0) is 24.1 Å². The molecule has 2 N–H and O–H groups in total. The van der Waals surface area contributed by atoms with Crippen molar-refractivity contribution in [3.8, 4) is 6.07 Å². The van der Waals surface area contributed by atoms with Gasteiger partial charge in [-0.3, -0.25) is 9.59 Å². The second-order valence-electron chi connectivity index (χ2n) is 7.00. The van der Waals surface area contributed by atoms with E-state index in [-0.39, 0.29) is 17.9 Å². The van der Waals surface area contributed by atoms with Gasteiger partial charge in [-0.15, -0.1) is 11.3 Å². The molecule has 1 aromatic carbocycles. The number of rotatable bonds is 3. The van der Waals surface area contributed by atoms with Crippen LogP contribution in [0.4, 0.5) is 5.00 Å². The Bertz CT molecular complexity index is 1140. The van der Waals surface area contributed by atoms with Crippen LogP contribution < -0.4 is 10.9 Å². The number of nitriles is 1. The van der Waals surface area contributed by atoms with Crippen LogP contribution in [0.2, 0.25) is 0 Å². The molecule has 142 valence electrons. The van der Waals surface area contributed by atoms with Gasteiger partial charge in [-0.2, -0.15) is 10.4 Å². The lowest BCUT2D eigenvalue weighted by molar-refractivity contribution is -0.115. The van der Waals surface area contributed by atoms with Crippen LogP contribution in [0.15, 0.2) is 29.1 Å². The molecule has 1 aliphatic carbocycles. The Kier molecular flexibility index (Phi) is 5.22. The Balaban J connectivity index is 1.60. The maximum Gasteiger partial charge on any atom is 0.272 e. The quantitative estimate of drug-likeness (QED) is 0.710. The molecule has 0 saturated carbocycles. The van der Waals surface area contributed by atoms with Gasteiger partial charge in [0.1, 0.15) is 11.1 Å². The van der Waals surface area contributed by atoms with Gasteiger partial charge in [0.2, 0.25) is 5.91 Å². The molecule has 0 atom stereocenters. The number of hydrogen-bond donors (Lipinski definition) is 2. The number of benzene rings is 1. The molecule has 4 rings (SSSR count). The topological polar surface area (TPSA) is 98.6 Å². The van der Waals surface area contributed by atoms with Crippen molar-refractivity contribution < 1.29 is 4.79 Å². The van der Waals surface area contributed by atoms with E-state index in [4.69, 9.17) is 0 Å². The molecule has 0 radical (unpaired) electrons. The summed E-state index contributed by atoms with van der Waals surface area (Å²) in [6.45, 7) is 0. The zero-order valence-corrected chi connectivity index (χ0v) is 16.2. The Labute approximate surface area is 166 Å². The number of nitrogens with zero attached hydrogens (tertiary/aromatic N) is 2. The van der Waals surface area contributed by atoms with Crippen LogP contribution in [0.3, 0.4) is 0 Å². The van der Waals surface area contributed by atoms with E-state index in [1.165, 1.54) is 29.1 Å². The molecule has 0 aliphatic heterocycles. The van der Waals surface area contributed by atoms with Crippen LogP contribution >= 0.6 is 11.3 Å². The first-order valence-corrected chi connectivity index (χ1v) is 10.3. The summed E-state index contributed by atoms with van der Waals surface area (Å²) >= 11 is 1.52. The van der Waals surface area contributed by atoms with Crippen LogP contribution in [0, 0.1) is 11.3 Å². The summed E-state index contributed by atoms with van der Waals surface area (Å²) in [5, 5.41) is 20.9. The number of aromatic amines is 1. The van der Waals surface area contributed by atoms with Gasteiger partial charge >= 0.3 is 0 Å². The van der Waals surface area contributed by atoms with Crippen molar-refractivity contribution in [2.45, 2.75) is 44.9 Å². The van der Waals surface area contributed by atoms with Crippen molar-refractivity contribution >= 4 is 33.0 Å². The molecule has 1 amide bonds. The van der Waals surface area contributed by atoms with Gasteiger partial charge in [-0.25, -0.2) is 5.10 Å². The smallest absolute Gasteiger partial charge is 0.272 e. The lowest BCUT2D eigenvalue weighted by Gasteiger charge is -2.08. The number of fused-ring (bicyclic) bond motifs is 2. The number of nitrogens with one attached hydrogen (secondary N) is 2. The van der Waals surface area contributed by atoms with Gasteiger partial charge in [-0.05, 0) is 37.3 Å². The molecule has 0 spiro atoms. The molecule has 0 bridgehead atoms. The Morgan fingerprint density at radius 1 is 1.18 bits per heavy atom. The SMILES string of the molecule is N#Cc1c(NC(=O)Cc2n[nH]c(=O)c3ccccc23)sc2c1CCCCCC2. The number of anilines is 1. The lowest BCUT2D eigenvalue weighted by Crippen LogP contribution is -2.18. The highest BCUT2D eigenvalue weighted by Crippen LogP contribution is 2.36. The zero-order chi connectivity index (χ0) is 19.5. The summed E-state index contributed by atoms with van der Waals surface area (Å²) in [6.07, 6.45) is 6.51. The molecule has 2 aromatic heterocycles. The number of carbonyl (C=O) groups is 1. The molecule has 1 aliphatic rings. The minimum Gasteiger partial charge on any atom is -0.316 e. The number of H-pyrrole nitrogens is 1. The van der Waals surface area contributed by atoms with Gasteiger partial charge in [0.15, 0.2) is 0 Å². The molecule has 0 saturated heterocycles. The summed E-state index contributed by atoms with van der Waals surface area (Å²) in [6, 6.07) is 9.39. The second kappa shape index (κ2) is 7.95. The summed E-state index contributed by atoms with van der Waals surface area (Å²) in [5.74, 6) is -0.240. The van der Waals surface area contributed by atoms with Crippen LogP contribution in [0.5, 0.6) is 0 Å². The van der Waals surface area contributed by atoms with E-state index in [9.17, 15) is 14.9 Å². The van der Waals surface area contributed by atoms with Crippen molar-refractivity contribution in [3.05, 3.63) is 56.3 Å². The van der Waals surface area contributed by atoms with E-state index in [2.05, 4.69) is 21.6 Å². The molecule has 28 heavy (non-hydrogen) atoms. The predicted octanol–water partition coefficient (Wildman–Crippen LogP) is 3.70. The van der Waals surface area contributed by atoms with Gasteiger partial charge in [0.05, 0.1) is 23.1 Å². The highest BCUT2D eigenvalue weighted by Gasteiger charge is 2.21. The minimum absolute atomic E-state index is 0.0325. The molecule has 0 fully saturated rings. The normalized spacial score (nSPS) is 14.0. The molecular weight excluding hydrogens is 372 g/mol. The first-order valence-electron chi connectivity index (χ1n) is 9.48. The molecular formula is C21H20N4O2S. The lowest BCUT2D eigenvalue weighted by atomic mass is 9.97. The third-order valence-electron chi connectivity index (χ3n) is 5.14. The van der Waals surface area contributed by atoms with E-state index in [1.807, 2.05) is 6.07 Å². The Morgan fingerprint density at radius 2 is 1.93 bits per heavy atom. The number of aryl methyl sites for hydroxylation is 1. The predicted molar refractivity (Wildman–Crippen MR) is 110 cm³/mol. The Hall–Kier alpha value is -2.98. The average molecular weight is 392 g/mol. The van der Waals surface area contributed by atoms with E-state index >= 15 is 0 Å². The minimum atomic E-state index is -0.274. The standard InChI is InChI=1S/C21H20N4O2S/c22-12-16-14-8-3-1-2-4-10-18(14)28-21(16)23-19(26)11-17-13-7-5-6-9-15(13)20(27)25-24-17/h5-7,9H,1-4,8,10-11H2,(H,23,26)(H,25,27). The van der Waals surface area contributed by atoms with Crippen molar-refractivity contribution in [2.75, 3.05) is 5.32 Å². The van der Waals surface area contributed by atoms with Crippen molar-refractivity contribution in [1.29, 1.82) is 5.26 Å². The van der Waals surface area contributed by atoms with E-state index in [0.717, 1.165) is 31.2 Å². The number of carbonyl (C=O) groups excluding carboxylic acids is 1. The maximum absolute atomic E-state index is 12.7. The first kappa shape index (κ1) is 18.4. The third-order valence-corrected chi connectivity index (χ3v) is 6.35. The molecule has 6 nitrogen and oxygen atoms in total. The van der Waals surface area contributed by atoms with Crippen molar-refractivity contribution in [3.63, 3.8) is 0 Å². The highest BCUT2D eigenvalue weighted by atomic mass is 32.1. The van der Waals surface area contributed by atoms with Crippen LogP contribution in [-0.4, -0.2) is 16.1 Å². The fourth-order valence-electron chi connectivity index (χ4n) is 3.75. The van der Waals surface area contributed by atoms with Gasteiger partial charge in [-0.1, -0.05) is 31.0 Å². The average Bonchev–Trinajstić information content (AvgIpc) is 2.99. The number of thiophene rings is 1. The summed E-state index contributed by atoms with van der Waals surface area (Å²) < 4.78 is 0. The molecule has 7 heteroatoms. The summed E-state index contributed by atoms with van der Waals surface area (Å²) in [4.78, 5) is 25.8. The Morgan fingerprint density at radius 3 is 2.71 bits per heavy atom. The third kappa shape index (κ3) is 3.56. The summed E-state index contributed by atoms with van der Waals surface area (Å²) in [5.41, 5.74) is 1.95. The van der Waals surface area contributed by atoms with Gasteiger partial charge in [0.25, 0.3) is 5.56 Å². The number of amides is 1. The summed E-state index contributed by atoms with van der Waals surface area (Å²) in [7, 11) is 0. The van der Waals surface area contributed by atoms with Crippen LogP contribution in [0.25, 0.3) is 10.8 Å². The maximum atomic E-state index is 12.7. The zero-order valence-electron chi connectivity index (χ0n) is 15.4. The number of aromatic nitrogens is 2.